The minimum Gasteiger partial charge on any atom is -0.361 e. The van der Waals surface area contributed by atoms with Crippen LogP contribution in [0.3, 0.4) is 0 Å². The Balaban J connectivity index is 1.57. The molecule has 5 heteroatoms. The van der Waals surface area contributed by atoms with Gasteiger partial charge in [0, 0.05) is 35.0 Å². The second-order valence-corrected chi connectivity index (χ2v) is 9.56. The van der Waals surface area contributed by atoms with Gasteiger partial charge in [0.1, 0.15) is 0 Å². The van der Waals surface area contributed by atoms with Gasteiger partial charge in [-0.2, -0.15) is 0 Å². The van der Waals surface area contributed by atoms with Crippen LogP contribution in [0, 0.1) is 0 Å². The highest BCUT2D eigenvalue weighted by atomic mass is 32.2. The maximum atomic E-state index is 13.6. The quantitative estimate of drug-likeness (QED) is 0.276. The smallest absolute Gasteiger partial charge is 0.240 e. The van der Waals surface area contributed by atoms with E-state index in [1.807, 2.05) is 62.5 Å². The lowest BCUT2D eigenvalue weighted by Crippen LogP contribution is -2.56. The van der Waals surface area contributed by atoms with Gasteiger partial charge in [-0.05, 0) is 55.0 Å². The number of aromatic nitrogens is 1. The lowest BCUT2D eigenvalue weighted by molar-refractivity contribution is -0.127. The molecule has 0 bridgehead atoms. The van der Waals surface area contributed by atoms with Crippen LogP contribution in [-0.4, -0.2) is 22.7 Å². The van der Waals surface area contributed by atoms with Crippen LogP contribution in [0.15, 0.2) is 90.0 Å². The van der Waals surface area contributed by atoms with Crippen molar-refractivity contribution in [3.05, 3.63) is 102 Å². The Morgan fingerprint density at radius 2 is 1.70 bits per heavy atom. The van der Waals surface area contributed by atoms with Gasteiger partial charge in [-0.3, -0.25) is 10.1 Å². The van der Waals surface area contributed by atoms with Gasteiger partial charge >= 0.3 is 0 Å². The van der Waals surface area contributed by atoms with Crippen molar-refractivity contribution in [3.8, 4) is 0 Å². The molecule has 4 rings (SSSR count). The van der Waals surface area contributed by atoms with Crippen LogP contribution in [0.5, 0.6) is 0 Å². The maximum Gasteiger partial charge on any atom is 0.240 e. The Morgan fingerprint density at radius 3 is 2.42 bits per heavy atom. The summed E-state index contributed by atoms with van der Waals surface area (Å²) in [5.74, 6) is -0.00938. The van der Waals surface area contributed by atoms with E-state index in [1.165, 1.54) is 4.90 Å². The first kappa shape index (κ1) is 23.1. The van der Waals surface area contributed by atoms with Gasteiger partial charge in [-0.25, -0.2) is 0 Å². The number of amides is 1. The number of benzene rings is 3. The number of nitrogens with one attached hydrogen (secondary N) is 3. The largest absolute Gasteiger partial charge is 0.361 e. The Kier molecular flexibility index (Phi) is 7.21. The van der Waals surface area contributed by atoms with E-state index < -0.39 is 5.54 Å². The number of hydrogen-bond donors (Lipinski definition) is 3. The van der Waals surface area contributed by atoms with Crippen LogP contribution in [0.25, 0.3) is 10.9 Å². The fraction of sp³-hybridized carbons (Fsp3) is 0.250. The molecule has 0 radical (unpaired) electrons. The predicted molar refractivity (Wildman–Crippen MR) is 138 cm³/mol. The topological polar surface area (TPSA) is 56.9 Å². The monoisotopic (exact) mass is 457 g/mol. The molecule has 0 fully saturated rings. The summed E-state index contributed by atoms with van der Waals surface area (Å²) in [7, 11) is 0. The van der Waals surface area contributed by atoms with Crippen molar-refractivity contribution in [1.29, 1.82) is 0 Å². The van der Waals surface area contributed by atoms with Crippen LogP contribution in [0.4, 0.5) is 0 Å². The summed E-state index contributed by atoms with van der Waals surface area (Å²) in [5, 5.41) is 7.97. The number of fused-ring (bicyclic) bond motifs is 1. The molecule has 3 aromatic carbocycles. The molecule has 3 N–H and O–H groups in total. The second kappa shape index (κ2) is 10.3. The fourth-order valence-electron chi connectivity index (χ4n) is 4.10. The minimum absolute atomic E-state index is 0.00938. The van der Waals surface area contributed by atoms with Crippen molar-refractivity contribution < 1.29 is 4.79 Å². The highest BCUT2D eigenvalue weighted by Crippen LogP contribution is 2.24. The van der Waals surface area contributed by atoms with E-state index >= 15 is 0 Å². The molecule has 0 aliphatic rings. The maximum absolute atomic E-state index is 13.6. The van der Waals surface area contributed by atoms with Crippen molar-refractivity contribution in [2.24, 2.45) is 0 Å². The summed E-state index contributed by atoms with van der Waals surface area (Å²) in [5.41, 5.74) is 3.67. The number of thioether (sulfide) groups is 1. The lowest BCUT2D eigenvalue weighted by atomic mass is 9.90. The average molecular weight is 458 g/mol. The van der Waals surface area contributed by atoms with E-state index in [2.05, 4.69) is 58.3 Å². The molecule has 1 heterocycles. The second-order valence-electron chi connectivity index (χ2n) is 8.68. The van der Waals surface area contributed by atoms with Gasteiger partial charge in [0.25, 0.3) is 0 Å². The number of rotatable bonds is 9. The van der Waals surface area contributed by atoms with Gasteiger partial charge in [0.2, 0.25) is 5.91 Å². The third kappa shape index (κ3) is 5.49. The normalized spacial score (nSPS) is 14.0. The zero-order valence-electron chi connectivity index (χ0n) is 19.4. The molecule has 1 amide bonds. The SMILES string of the molecule is CSc1ccc(CNC(C)(Cc2c[nH]c3ccccc23)C(=O)NC(C)c2ccccc2)cc1. The average Bonchev–Trinajstić information content (AvgIpc) is 3.26. The first-order chi connectivity index (χ1) is 16.0. The third-order valence-electron chi connectivity index (χ3n) is 6.21. The molecule has 4 nitrogen and oxygen atoms in total. The Labute approximate surface area is 200 Å². The Bertz CT molecular complexity index is 1200. The van der Waals surface area contributed by atoms with E-state index in [0.29, 0.717) is 13.0 Å². The standard InChI is InChI=1S/C28H31N3OS/c1-20(22-9-5-4-6-10-22)31-27(32)28(2,30-18-21-13-15-24(33-3)16-14-21)17-23-19-29-26-12-8-7-11-25(23)26/h4-16,19-20,29-30H,17-18H2,1-3H3,(H,31,32). The van der Waals surface area contributed by atoms with E-state index in [9.17, 15) is 4.79 Å². The van der Waals surface area contributed by atoms with Crippen LogP contribution in [0.2, 0.25) is 0 Å². The molecule has 2 atom stereocenters. The van der Waals surface area contributed by atoms with Crippen LogP contribution in [0.1, 0.15) is 36.6 Å². The third-order valence-corrected chi connectivity index (χ3v) is 6.95. The Morgan fingerprint density at radius 1 is 1.00 bits per heavy atom. The lowest BCUT2D eigenvalue weighted by Gasteiger charge is -2.31. The molecule has 0 saturated carbocycles. The summed E-state index contributed by atoms with van der Waals surface area (Å²) in [4.78, 5) is 18.2. The summed E-state index contributed by atoms with van der Waals surface area (Å²) < 4.78 is 0. The van der Waals surface area contributed by atoms with Crippen LogP contribution >= 0.6 is 11.8 Å². The highest BCUT2D eigenvalue weighted by molar-refractivity contribution is 7.98. The van der Waals surface area contributed by atoms with Gasteiger partial charge in [-0.15, -0.1) is 11.8 Å². The zero-order valence-corrected chi connectivity index (χ0v) is 20.2. The van der Waals surface area contributed by atoms with E-state index in [-0.39, 0.29) is 11.9 Å². The van der Waals surface area contributed by atoms with E-state index in [1.54, 1.807) is 11.8 Å². The van der Waals surface area contributed by atoms with E-state index in [4.69, 9.17) is 0 Å². The number of para-hydroxylation sites is 1. The van der Waals surface area contributed by atoms with Crippen molar-refractivity contribution in [1.82, 2.24) is 15.6 Å². The summed E-state index contributed by atoms with van der Waals surface area (Å²) in [6.07, 6.45) is 4.67. The molecule has 2 unspecified atom stereocenters. The van der Waals surface area contributed by atoms with Crippen LogP contribution < -0.4 is 10.6 Å². The summed E-state index contributed by atoms with van der Waals surface area (Å²) in [6.45, 7) is 4.64. The first-order valence-electron chi connectivity index (χ1n) is 11.3. The molecular formula is C28H31N3OS. The Hall–Kier alpha value is -3.02. The number of hydrogen-bond acceptors (Lipinski definition) is 3. The van der Waals surface area contributed by atoms with Gasteiger partial charge in [0.15, 0.2) is 0 Å². The number of H-pyrrole nitrogens is 1. The molecule has 0 saturated heterocycles. The minimum atomic E-state index is -0.786. The fourth-order valence-corrected chi connectivity index (χ4v) is 4.51. The molecule has 33 heavy (non-hydrogen) atoms. The summed E-state index contributed by atoms with van der Waals surface area (Å²) >= 11 is 1.73. The van der Waals surface area contributed by atoms with Crippen LogP contribution in [-0.2, 0) is 17.8 Å². The van der Waals surface area contributed by atoms with Crippen molar-refractivity contribution in [2.45, 2.75) is 43.3 Å². The molecule has 170 valence electrons. The van der Waals surface area contributed by atoms with E-state index in [0.717, 1.165) is 27.6 Å². The van der Waals surface area contributed by atoms with Crippen molar-refractivity contribution >= 4 is 28.6 Å². The molecular weight excluding hydrogens is 426 g/mol. The molecule has 0 aliphatic heterocycles. The molecule has 4 aromatic rings. The van der Waals surface area contributed by atoms with Gasteiger partial charge in [0.05, 0.1) is 11.6 Å². The number of carbonyl (C=O) groups excluding carboxylic acids is 1. The highest BCUT2D eigenvalue weighted by Gasteiger charge is 2.34. The number of aromatic amines is 1. The zero-order chi connectivity index (χ0) is 23.3. The summed E-state index contributed by atoms with van der Waals surface area (Å²) in [6, 6.07) is 26.7. The predicted octanol–water partition coefficient (Wildman–Crippen LogP) is 5.86. The molecule has 1 aromatic heterocycles. The molecule has 0 spiro atoms. The molecule has 0 aliphatic carbocycles. The number of carbonyl (C=O) groups is 1. The van der Waals surface area contributed by atoms with Gasteiger partial charge < -0.3 is 10.3 Å². The van der Waals surface area contributed by atoms with Gasteiger partial charge in [-0.1, -0.05) is 60.7 Å². The first-order valence-corrected chi connectivity index (χ1v) is 12.5. The van der Waals surface area contributed by atoms with Crippen molar-refractivity contribution in [2.75, 3.05) is 6.26 Å². The van der Waals surface area contributed by atoms with Crippen molar-refractivity contribution in [3.63, 3.8) is 0 Å².